The van der Waals surface area contributed by atoms with Gasteiger partial charge in [0, 0.05) is 37.0 Å². The number of hydrogen-bond donors (Lipinski definition) is 1. The highest BCUT2D eigenvalue weighted by Gasteiger charge is 2.29. The molecule has 0 bridgehead atoms. The minimum Gasteiger partial charge on any atom is -0.455 e. The molecule has 3 heterocycles. The summed E-state index contributed by atoms with van der Waals surface area (Å²) in [4.78, 5) is 47.1. The van der Waals surface area contributed by atoms with E-state index in [1.807, 2.05) is 19.9 Å². The van der Waals surface area contributed by atoms with Crippen molar-refractivity contribution in [3.05, 3.63) is 29.2 Å². The number of rotatable bonds is 6. The van der Waals surface area contributed by atoms with Gasteiger partial charge in [-0.05, 0) is 39.7 Å². The lowest BCUT2D eigenvalue weighted by atomic mass is 9.98. The van der Waals surface area contributed by atoms with Crippen LogP contribution in [-0.4, -0.2) is 62.1 Å². The molecule has 0 aliphatic carbocycles. The quantitative estimate of drug-likeness (QED) is 0.696. The number of nitrogens with one attached hydrogen (secondary N) is 1. The summed E-state index contributed by atoms with van der Waals surface area (Å²) >= 11 is 0. The lowest BCUT2D eigenvalue weighted by molar-refractivity contribution is -0.154. The van der Waals surface area contributed by atoms with Crippen LogP contribution >= 0.6 is 0 Å². The summed E-state index contributed by atoms with van der Waals surface area (Å²) in [6.07, 6.45) is 1.79. The largest absolute Gasteiger partial charge is 0.455 e. The van der Waals surface area contributed by atoms with Crippen LogP contribution in [0.3, 0.4) is 0 Å². The van der Waals surface area contributed by atoms with Crippen molar-refractivity contribution in [3.63, 3.8) is 0 Å². The lowest BCUT2D eigenvalue weighted by Crippen LogP contribution is -2.42. The van der Waals surface area contributed by atoms with E-state index in [4.69, 9.17) is 4.74 Å². The van der Waals surface area contributed by atoms with Crippen molar-refractivity contribution in [1.29, 1.82) is 0 Å². The first-order valence-electron chi connectivity index (χ1n) is 10.4. The molecule has 31 heavy (non-hydrogen) atoms. The van der Waals surface area contributed by atoms with E-state index in [1.165, 1.54) is 4.68 Å². The minimum atomic E-state index is -0.490. The second kappa shape index (κ2) is 9.67. The molecule has 1 atom stereocenters. The van der Waals surface area contributed by atoms with Crippen molar-refractivity contribution in [1.82, 2.24) is 24.6 Å². The van der Waals surface area contributed by atoms with E-state index in [-0.39, 0.29) is 5.91 Å². The third kappa shape index (κ3) is 5.65. The van der Waals surface area contributed by atoms with E-state index in [0.717, 1.165) is 17.8 Å². The second-order valence-electron chi connectivity index (χ2n) is 7.72. The number of likely N-dealkylation sites (tertiary alicyclic amines) is 1. The zero-order valence-electron chi connectivity index (χ0n) is 18.3. The van der Waals surface area contributed by atoms with Gasteiger partial charge in [0.1, 0.15) is 5.82 Å². The van der Waals surface area contributed by atoms with Crippen molar-refractivity contribution in [2.24, 2.45) is 5.92 Å². The highest BCUT2D eigenvalue weighted by Crippen LogP contribution is 2.19. The number of aromatic nitrogens is 4. The lowest BCUT2D eigenvalue weighted by Gasteiger charge is -2.31. The highest BCUT2D eigenvalue weighted by molar-refractivity contribution is 5.92. The standard InChI is InChI=1S/C21H28N6O4/c1-5-19(29)26-8-6-7-16(11-26)20(30)31-12-18(28)24-17-10-15(4)25-27(17)21-22-13(2)9-14(3)23-21/h9-10,16H,5-8,11-12H2,1-4H3,(H,24,28). The number of esters is 1. The zero-order valence-corrected chi connectivity index (χ0v) is 18.3. The van der Waals surface area contributed by atoms with Gasteiger partial charge in [-0.2, -0.15) is 9.78 Å². The Morgan fingerprint density at radius 1 is 1.13 bits per heavy atom. The summed E-state index contributed by atoms with van der Waals surface area (Å²) in [5.41, 5.74) is 2.24. The summed E-state index contributed by atoms with van der Waals surface area (Å²) in [5, 5.41) is 7.05. The van der Waals surface area contributed by atoms with Gasteiger partial charge >= 0.3 is 5.97 Å². The Labute approximate surface area is 181 Å². The van der Waals surface area contributed by atoms with Crippen molar-refractivity contribution < 1.29 is 19.1 Å². The van der Waals surface area contributed by atoms with E-state index < -0.39 is 24.4 Å². The number of carbonyl (C=O) groups is 3. The van der Waals surface area contributed by atoms with Gasteiger partial charge in [-0.25, -0.2) is 9.97 Å². The topological polar surface area (TPSA) is 119 Å². The van der Waals surface area contributed by atoms with Gasteiger partial charge in [-0.3, -0.25) is 14.4 Å². The summed E-state index contributed by atoms with van der Waals surface area (Å²) in [7, 11) is 0. The molecular weight excluding hydrogens is 400 g/mol. The fraction of sp³-hybridized carbons (Fsp3) is 0.524. The Kier molecular flexibility index (Phi) is 6.98. The first-order chi connectivity index (χ1) is 14.8. The molecule has 3 rings (SSSR count). The second-order valence-corrected chi connectivity index (χ2v) is 7.72. The number of piperidine rings is 1. The molecule has 1 fully saturated rings. The molecule has 0 spiro atoms. The molecule has 1 aliphatic rings. The molecule has 1 saturated heterocycles. The van der Waals surface area contributed by atoms with Gasteiger partial charge < -0.3 is 15.0 Å². The van der Waals surface area contributed by atoms with E-state index in [9.17, 15) is 14.4 Å². The van der Waals surface area contributed by atoms with Crippen molar-refractivity contribution in [2.75, 3.05) is 25.0 Å². The average Bonchev–Trinajstić information content (AvgIpc) is 3.10. The van der Waals surface area contributed by atoms with Crippen LogP contribution in [0.15, 0.2) is 12.1 Å². The number of anilines is 1. The van der Waals surface area contributed by atoms with E-state index in [1.54, 1.807) is 24.8 Å². The zero-order chi connectivity index (χ0) is 22.5. The Morgan fingerprint density at radius 3 is 2.52 bits per heavy atom. The number of carbonyl (C=O) groups excluding carboxylic acids is 3. The maximum atomic E-state index is 12.4. The molecule has 10 heteroatoms. The monoisotopic (exact) mass is 428 g/mol. The van der Waals surface area contributed by atoms with Crippen molar-refractivity contribution in [3.8, 4) is 5.95 Å². The number of aryl methyl sites for hydroxylation is 3. The Bertz CT molecular complexity index is 966. The fourth-order valence-corrected chi connectivity index (χ4v) is 3.60. The van der Waals surface area contributed by atoms with Crippen LogP contribution in [0.2, 0.25) is 0 Å². The number of ether oxygens (including phenoxy) is 1. The van der Waals surface area contributed by atoms with Crippen LogP contribution < -0.4 is 5.32 Å². The predicted octanol–water partition coefficient (Wildman–Crippen LogP) is 1.72. The smallest absolute Gasteiger partial charge is 0.311 e. The molecule has 166 valence electrons. The first-order valence-corrected chi connectivity index (χ1v) is 10.4. The SMILES string of the molecule is CCC(=O)N1CCCC(C(=O)OCC(=O)Nc2cc(C)nn2-c2nc(C)cc(C)n2)C1. The average molecular weight is 428 g/mol. The summed E-state index contributed by atoms with van der Waals surface area (Å²) in [6, 6.07) is 3.54. The molecule has 2 aromatic heterocycles. The normalized spacial score (nSPS) is 16.1. The number of hydrogen-bond acceptors (Lipinski definition) is 7. The molecule has 1 N–H and O–H groups in total. The molecule has 0 aromatic carbocycles. The van der Waals surface area contributed by atoms with Gasteiger partial charge in [0.25, 0.3) is 11.9 Å². The summed E-state index contributed by atoms with van der Waals surface area (Å²) < 4.78 is 6.67. The van der Waals surface area contributed by atoms with Crippen LogP contribution in [0, 0.1) is 26.7 Å². The van der Waals surface area contributed by atoms with Gasteiger partial charge in [0.15, 0.2) is 6.61 Å². The van der Waals surface area contributed by atoms with Crippen molar-refractivity contribution in [2.45, 2.75) is 47.0 Å². The first kappa shape index (κ1) is 22.4. The van der Waals surface area contributed by atoms with Crippen LogP contribution in [0.5, 0.6) is 0 Å². The molecule has 0 radical (unpaired) electrons. The third-order valence-electron chi connectivity index (χ3n) is 5.01. The number of nitrogens with zero attached hydrogens (tertiary/aromatic N) is 5. The van der Waals surface area contributed by atoms with Crippen molar-refractivity contribution >= 4 is 23.6 Å². The maximum absolute atomic E-state index is 12.4. The third-order valence-corrected chi connectivity index (χ3v) is 5.01. The summed E-state index contributed by atoms with van der Waals surface area (Å²) in [5.74, 6) is -0.607. The Morgan fingerprint density at radius 2 is 1.84 bits per heavy atom. The van der Waals surface area contributed by atoms with Crippen LogP contribution in [0.4, 0.5) is 5.82 Å². The van der Waals surface area contributed by atoms with E-state index in [0.29, 0.717) is 43.4 Å². The Hall–Kier alpha value is -3.30. The fourth-order valence-electron chi connectivity index (χ4n) is 3.60. The molecule has 10 nitrogen and oxygen atoms in total. The molecule has 2 aromatic rings. The molecular formula is C21H28N6O4. The number of amides is 2. The van der Waals surface area contributed by atoms with E-state index in [2.05, 4.69) is 20.4 Å². The molecule has 0 saturated carbocycles. The van der Waals surface area contributed by atoms with E-state index >= 15 is 0 Å². The van der Waals surface area contributed by atoms with Gasteiger partial charge in [-0.1, -0.05) is 6.92 Å². The van der Waals surface area contributed by atoms with Gasteiger partial charge in [0.2, 0.25) is 5.91 Å². The maximum Gasteiger partial charge on any atom is 0.311 e. The van der Waals surface area contributed by atoms with Crippen LogP contribution in [0.1, 0.15) is 43.3 Å². The highest BCUT2D eigenvalue weighted by atomic mass is 16.5. The Balaban J connectivity index is 1.60. The summed E-state index contributed by atoms with van der Waals surface area (Å²) in [6.45, 7) is 7.86. The van der Waals surface area contributed by atoms with Crippen LogP contribution in [0.25, 0.3) is 5.95 Å². The van der Waals surface area contributed by atoms with Crippen LogP contribution in [-0.2, 0) is 19.1 Å². The van der Waals surface area contributed by atoms with Gasteiger partial charge in [0.05, 0.1) is 11.6 Å². The van der Waals surface area contributed by atoms with Gasteiger partial charge in [-0.15, -0.1) is 0 Å². The molecule has 1 aliphatic heterocycles. The minimum absolute atomic E-state index is 0.0208. The molecule has 2 amide bonds. The molecule has 1 unspecified atom stereocenters. The predicted molar refractivity (Wildman–Crippen MR) is 113 cm³/mol.